The number of esters is 1. The van der Waals surface area contributed by atoms with E-state index in [1.54, 1.807) is 27.2 Å². The average molecular weight is 537 g/mol. The van der Waals surface area contributed by atoms with E-state index in [1.807, 2.05) is 17.5 Å². The first-order valence-electron chi connectivity index (χ1n) is 11.7. The zero-order valence-electron chi connectivity index (χ0n) is 21.1. The number of benzene rings is 1. The molecule has 0 spiro atoms. The molecule has 0 radical (unpaired) electrons. The quantitative estimate of drug-likeness (QED) is 0.337. The van der Waals surface area contributed by atoms with Gasteiger partial charge in [-0.2, -0.15) is 0 Å². The Bertz CT molecular complexity index is 1080. The highest BCUT2D eigenvalue weighted by atomic mass is 32.1. The van der Waals surface area contributed by atoms with Crippen molar-refractivity contribution in [2.24, 2.45) is 0 Å². The lowest BCUT2D eigenvalue weighted by Gasteiger charge is -2.19. The standard InChI is InChI=1S/C23H30N2O5S.C2H2O4/c1-4-30-23(27)21-17(16-9-10-18(28-2)19(13-16)29-3)15-31-22(21)24-20(26)14-25-11-7-5-6-8-12-25;3-1(4)2(5)6/h9-10,13,15H,4-8,11-12,14H2,1-3H3,(H,24,26);(H,3,4)(H,5,6). The van der Waals surface area contributed by atoms with Crippen LogP contribution in [0.5, 0.6) is 11.5 Å². The van der Waals surface area contributed by atoms with Gasteiger partial charge in [-0.05, 0) is 50.6 Å². The molecule has 0 aliphatic carbocycles. The fraction of sp³-hybridized carbons (Fsp3) is 0.440. The number of carboxylic acids is 2. The van der Waals surface area contributed by atoms with E-state index in [9.17, 15) is 9.59 Å². The molecule has 0 atom stereocenters. The van der Waals surface area contributed by atoms with E-state index < -0.39 is 17.9 Å². The Morgan fingerprint density at radius 1 is 0.973 bits per heavy atom. The number of nitrogens with one attached hydrogen (secondary N) is 1. The lowest BCUT2D eigenvalue weighted by Crippen LogP contribution is -2.34. The number of anilines is 1. The Kier molecular flexibility index (Phi) is 11.8. The lowest BCUT2D eigenvalue weighted by atomic mass is 10.0. The maximum atomic E-state index is 12.8. The molecule has 1 aromatic heterocycles. The molecule has 1 aliphatic rings. The summed E-state index contributed by atoms with van der Waals surface area (Å²) >= 11 is 1.32. The highest BCUT2D eigenvalue weighted by Gasteiger charge is 2.24. The number of hydrogen-bond acceptors (Lipinski definition) is 9. The van der Waals surface area contributed by atoms with Gasteiger partial charge in [0.15, 0.2) is 11.5 Å². The third-order valence-electron chi connectivity index (χ3n) is 5.47. The predicted octanol–water partition coefficient (Wildman–Crippen LogP) is 3.58. The summed E-state index contributed by atoms with van der Waals surface area (Å²) in [6.07, 6.45) is 4.66. The number of carbonyl (C=O) groups excluding carboxylic acids is 2. The molecule has 0 bridgehead atoms. The number of methoxy groups -OCH3 is 2. The van der Waals surface area contributed by atoms with Crippen molar-refractivity contribution in [2.45, 2.75) is 32.6 Å². The summed E-state index contributed by atoms with van der Waals surface area (Å²) < 4.78 is 16.0. The van der Waals surface area contributed by atoms with E-state index in [-0.39, 0.29) is 12.5 Å². The van der Waals surface area contributed by atoms with Crippen molar-refractivity contribution in [1.82, 2.24) is 4.90 Å². The molecule has 3 rings (SSSR count). The van der Waals surface area contributed by atoms with Crippen molar-refractivity contribution in [3.05, 3.63) is 29.1 Å². The highest BCUT2D eigenvalue weighted by molar-refractivity contribution is 7.15. The highest BCUT2D eigenvalue weighted by Crippen LogP contribution is 2.39. The van der Waals surface area contributed by atoms with Gasteiger partial charge in [-0.1, -0.05) is 18.9 Å². The molecule has 2 aromatic rings. The second-order valence-electron chi connectivity index (χ2n) is 7.99. The number of rotatable bonds is 8. The van der Waals surface area contributed by atoms with Gasteiger partial charge < -0.3 is 29.7 Å². The van der Waals surface area contributed by atoms with E-state index in [1.165, 1.54) is 24.2 Å². The summed E-state index contributed by atoms with van der Waals surface area (Å²) in [6.45, 7) is 4.20. The Labute approximate surface area is 218 Å². The number of carboxylic acid groups (broad SMARTS) is 2. The largest absolute Gasteiger partial charge is 0.493 e. The summed E-state index contributed by atoms with van der Waals surface area (Å²) in [7, 11) is 3.14. The van der Waals surface area contributed by atoms with Gasteiger partial charge in [0.05, 0.1) is 27.4 Å². The summed E-state index contributed by atoms with van der Waals surface area (Å²) in [6, 6.07) is 5.46. The van der Waals surface area contributed by atoms with Crippen LogP contribution in [-0.4, -0.2) is 79.4 Å². The maximum absolute atomic E-state index is 12.8. The minimum atomic E-state index is -1.82. The first-order chi connectivity index (χ1) is 17.7. The number of carbonyl (C=O) groups is 4. The smallest absolute Gasteiger partial charge is 0.414 e. The fourth-order valence-corrected chi connectivity index (χ4v) is 4.71. The number of ether oxygens (including phenoxy) is 3. The Morgan fingerprint density at radius 2 is 1.59 bits per heavy atom. The van der Waals surface area contributed by atoms with Gasteiger partial charge in [-0.15, -0.1) is 11.3 Å². The molecule has 1 saturated heterocycles. The average Bonchev–Trinajstić information content (AvgIpc) is 3.11. The third-order valence-corrected chi connectivity index (χ3v) is 6.36. The van der Waals surface area contributed by atoms with Crippen LogP contribution in [0.2, 0.25) is 0 Å². The molecular weight excluding hydrogens is 504 g/mol. The van der Waals surface area contributed by atoms with Crippen molar-refractivity contribution in [3.63, 3.8) is 0 Å². The number of likely N-dealkylation sites (tertiary alicyclic amines) is 1. The van der Waals surface area contributed by atoms with E-state index in [4.69, 9.17) is 34.0 Å². The van der Waals surface area contributed by atoms with Gasteiger partial charge >= 0.3 is 17.9 Å². The van der Waals surface area contributed by atoms with Crippen molar-refractivity contribution < 1.29 is 43.6 Å². The maximum Gasteiger partial charge on any atom is 0.414 e. The van der Waals surface area contributed by atoms with Gasteiger partial charge in [-0.25, -0.2) is 14.4 Å². The molecular formula is C25H32N2O9S. The number of thiophene rings is 1. The number of amides is 1. The molecule has 12 heteroatoms. The zero-order valence-corrected chi connectivity index (χ0v) is 21.9. The van der Waals surface area contributed by atoms with Crippen molar-refractivity contribution >= 4 is 40.2 Å². The van der Waals surface area contributed by atoms with Crippen LogP contribution in [0.3, 0.4) is 0 Å². The van der Waals surface area contributed by atoms with Crippen LogP contribution in [0.25, 0.3) is 11.1 Å². The molecule has 0 saturated carbocycles. The van der Waals surface area contributed by atoms with Gasteiger partial charge in [0.2, 0.25) is 5.91 Å². The Morgan fingerprint density at radius 3 is 2.14 bits per heavy atom. The molecule has 1 amide bonds. The molecule has 3 N–H and O–H groups in total. The van der Waals surface area contributed by atoms with E-state index in [2.05, 4.69) is 10.2 Å². The van der Waals surface area contributed by atoms with Gasteiger partial charge in [0.25, 0.3) is 0 Å². The second-order valence-corrected chi connectivity index (χ2v) is 8.87. The first-order valence-corrected chi connectivity index (χ1v) is 12.6. The summed E-state index contributed by atoms with van der Waals surface area (Å²) in [5.41, 5.74) is 1.84. The number of hydrogen-bond donors (Lipinski definition) is 3. The molecule has 202 valence electrons. The van der Waals surface area contributed by atoms with Crippen LogP contribution < -0.4 is 14.8 Å². The van der Waals surface area contributed by atoms with Crippen LogP contribution in [0, 0.1) is 0 Å². The van der Waals surface area contributed by atoms with E-state index in [0.717, 1.165) is 31.5 Å². The van der Waals surface area contributed by atoms with Gasteiger partial charge in [0, 0.05) is 10.9 Å². The minimum absolute atomic E-state index is 0.117. The summed E-state index contributed by atoms with van der Waals surface area (Å²) in [5.74, 6) is -3.06. The van der Waals surface area contributed by atoms with Crippen molar-refractivity contribution in [1.29, 1.82) is 0 Å². The minimum Gasteiger partial charge on any atom is -0.493 e. The normalized spacial score (nSPS) is 13.4. The predicted molar refractivity (Wildman–Crippen MR) is 138 cm³/mol. The molecule has 1 aromatic carbocycles. The van der Waals surface area contributed by atoms with Crippen LogP contribution in [-0.2, 0) is 19.1 Å². The monoisotopic (exact) mass is 536 g/mol. The van der Waals surface area contributed by atoms with E-state index in [0.29, 0.717) is 34.2 Å². The Balaban J connectivity index is 0.000000717. The van der Waals surface area contributed by atoms with E-state index >= 15 is 0 Å². The molecule has 11 nitrogen and oxygen atoms in total. The van der Waals surface area contributed by atoms with Crippen LogP contribution in [0.4, 0.5) is 5.00 Å². The number of aliphatic carboxylic acids is 2. The summed E-state index contributed by atoms with van der Waals surface area (Å²) in [5, 5.41) is 20.1. The number of nitrogens with zero attached hydrogens (tertiary/aromatic N) is 1. The zero-order chi connectivity index (χ0) is 27.4. The SMILES string of the molecule is CCOC(=O)c1c(-c2ccc(OC)c(OC)c2)csc1NC(=O)CN1CCCCCC1.O=C(O)C(=O)O. The molecule has 37 heavy (non-hydrogen) atoms. The fourth-order valence-electron chi connectivity index (χ4n) is 3.74. The van der Waals surface area contributed by atoms with Crippen molar-refractivity contribution in [3.8, 4) is 22.6 Å². The summed E-state index contributed by atoms with van der Waals surface area (Å²) in [4.78, 5) is 45.9. The topological polar surface area (TPSA) is 152 Å². The van der Waals surface area contributed by atoms with Crippen LogP contribution in [0.1, 0.15) is 43.0 Å². The molecule has 0 unspecified atom stereocenters. The molecule has 1 fully saturated rings. The van der Waals surface area contributed by atoms with Crippen molar-refractivity contribution in [2.75, 3.05) is 45.8 Å². The van der Waals surface area contributed by atoms with Gasteiger partial charge in [0.1, 0.15) is 10.6 Å². The third kappa shape index (κ3) is 8.76. The van der Waals surface area contributed by atoms with Crippen LogP contribution in [0.15, 0.2) is 23.6 Å². The second kappa shape index (κ2) is 14.8. The molecule has 2 heterocycles. The molecule has 1 aliphatic heterocycles. The Hall–Kier alpha value is -3.64. The lowest BCUT2D eigenvalue weighted by molar-refractivity contribution is -0.159. The van der Waals surface area contributed by atoms with Crippen LogP contribution >= 0.6 is 11.3 Å². The van der Waals surface area contributed by atoms with Gasteiger partial charge in [-0.3, -0.25) is 9.69 Å². The first kappa shape index (κ1) is 29.6.